The van der Waals surface area contributed by atoms with Gasteiger partial charge in [0.25, 0.3) is 0 Å². The molecule has 4 heteroatoms. The van der Waals surface area contributed by atoms with Gasteiger partial charge in [-0.25, -0.2) is 0 Å². The van der Waals surface area contributed by atoms with E-state index in [1.54, 1.807) is 6.07 Å². The first kappa shape index (κ1) is 10.9. The van der Waals surface area contributed by atoms with Crippen LogP contribution in [0.1, 0.15) is 25.5 Å². The lowest BCUT2D eigenvalue weighted by Crippen LogP contribution is -2.33. The summed E-state index contributed by atoms with van der Waals surface area (Å²) in [6.45, 7) is 3.89. The molecule has 4 N–H and O–H groups in total. The number of hydrogen-bond acceptors (Lipinski definition) is 3. The maximum Gasteiger partial charge on any atom is 0.247 e. The van der Waals surface area contributed by atoms with Gasteiger partial charge >= 0.3 is 0 Å². The molecular formula is C10H16N2O2. The van der Waals surface area contributed by atoms with Crippen molar-refractivity contribution in [3.8, 4) is 0 Å². The van der Waals surface area contributed by atoms with Crippen molar-refractivity contribution in [3.63, 3.8) is 0 Å². The predicted molar refractivity (Wildman–Crippen MR) is 54.8 cm³/mol. The van der Waals surface area contributed by atoms with Crippen molar-refractivity contribution in [2.75, 3.05) is 0 Å². The molecule has 0 radical (unpaired) electrons. The molecule has 0 amide bonds. The summed E-state index contributed by atoms with van der Waals surface area (Å²) in [5, 5.41) is 9.80. The first-order chi connectivity index (χ1) is 6.52. The van der Waals surface area contributed by atoms with Crippen LogP contribution in [0.5, 0.6) is 0 Å². The molecule has 0 saturated heterocycles. The van der Waals surface area contributed by atoms with Crippen LogP contribution in [0, 0.1) is 5.92 Å². The van der Waals surface area contributed by atoms with Crippen molar-refractivity contribution in [3.05, 3.63) is 34.2 Å². The van der Waals surface area contributed by atoms with E-state index in [-0.39, 0.29) is 17.5 Å². The number of rotatable bonds is 3. The zero-order chi connectivity index (χ0) is 10.7. The Labute approximate surface area is 82.8 Å². The molecule has 0 aromatic carbocycles. The summed E-state index contributed by atoms with van der Waals surface area (Å²) in [5.41, 5.74) is 6.25. The molecule has 14 heavy (non-hydrogen) atoms. The molecule has 0 aliphatic rings. The lowest BCUT2D eigenvalue weighted by atomic mass is 9.95. The number of aliphatic hydroxyl groups excluding tert-OH is 1. The first-order valence-corrected chi connectivity index (χ1v) is 4.64. The second kappa shape index (κ2) is 4.39. The Hall–Kier alpha value is -1.13. The third-order valence-electron chi connectivity index (χ3n) is 2.28. The van der Waals surface area contributed by atoms with E-state index in [1.807, 2.05) is 13.8 Å². The third kappa shape index (κ3) is 2.43. The van der Waals surface area contributed by atoms with Crippen molar-refractivity contribution >= 4 is 0 Å². The number of hydrogen-bond donors (Lipinski definition) is 3. The van der Waals surface area contributed by atoms with E-state index >= 15 is 0 Å². The van der Waals surface area contributed by atoms with E-state index in [9.17, 15) is 9.90 Å². The van der Waals surface area contributed by atoms with E-state index in [0.29, 0.717) is 5.56 Å². The summed E-state index contributed by atoms with van der Waals surface area (Å²) in [6.07, 6.45) is 0.766. The lowest BCUT2D eigenvalue weighted by Gasteiger charge is -2.22. The highest BCUT2D eigenvalue weighted by Crippen LogP contribution is 2.18. The minimum atomic E-state index is -0.730. The van der Waals surface area contributed by atoms with Gasteiger partial charge in [-0.05, 0) is 17.5 Å². The summed E-state index contributed by atoms with van der Waals surface area (Å²) in [5.74, 6) is 0.192. The molecule has 0 bridgehead atoms. The molecule has 2 atom stereocenters. The summed E-state index contributed by atoms with van der Waals surface area (Å²) < 4.78 is 0. The van der Waals surface area contributed by atoms with E-state index in [2.05, 4.69) is 4.98 Å². The predicted octanol–water partition coefficient (Wildman–Crippen LogP) is 0.392. The minimum Gasteiger partial charge on any atom is -0.387 e. The average molecular weight is 196 g/mol. The zero-order valence-electron chi connectivity index (χ0n) is 8.40. The molecule has 1 rings (SSSR count). The molecule has 1 aromatic rings. The Morgan fingerprint density at radius 3 is 2.50 bits per heavy atom. The van der Waals surface area contributed by atoms with Crippen LogP contribution >= 0.6 is 0 Å². The van der Waals surface area contributed by atoms with Crippen LogP contribution in [0.4, 0.5) is 0 Å². The van der Waals surface area contributed by atoms with E-state index in [4.69, 9.17) is 5.73 Å². The highest BCUT2D eigenvalue weighted by molar-refractivity contribution is 5.13. The molecule has 0 unspecified atom stereocenters. The number of H-pyrrole nitrogens is 1. The molecule has 0 aliphatic carbocycles. The van der Waals surface area contributed by atoms with Crippen LogP contribution in [0.3, 0.4) is 0 Å². The monoisotopic (exact) mass is 196 g/mol. The normalized spacial score (nSPS) is 15.5. The van der Waals surface area contributed by atoms with Gasteiger partial charge in [-0.3, -0.25) is 4.79 Å². The third-order valence-corrected chi connectivity index (χ3v) is 2.28. The van der Waals surface area contributed by atoms with Gasteiger partial charge < -0.3 is 15.8 Å². The number of pyridine rings is 1. The molecule has 78 valence electrons. The molecule has 0 aliphatic heterocycles. The Morgan fingerprint density at radius 1 is 1.43 bits per heavy atom. The largest absolute Gasteiger partial charge is 0.387 e. The van der Waals surface area contributed by atoms with Crippen LogP contribution in [0.2, 0.25) is 0 Å². The maximum absolute atomic E-state index is 10.8. The Balaban J connectivity index is 2.84. The Morgan fingerprint density at radius 2 is 2.07 bits per heavy atom. The summed E-state index contributed by atoms with van der Waals surface area (Å²) in [4.78, 5) is 13.3. The fourth-order valence-electron chi connectivity index (χ4n) is 1.19. The Bertz CT molecular complexity index is 326. The fourth-order valence-corrected chi connectivity index (χ4v) is 1.19. The number of aromatic nitrogens is 1. The van der Waals surface area contributed by atoms with E-state index < -0.39 is 6.10 Å². The van der Waals surface area contributed by atoms with E-state index in [1.165, 1.54) is 12.3 Å². The zero-order valence-corrected chi connectivity index (χ0v) is 8.40. The van der Waals surface area contributed by atoms with Crippen molar-refractivity contribution in [2.45, 2.75) is 26.0 Å². The number of aliphatic hydroxyl groups is 1. The van der Waals surface area contributed by atoms with Crippen molar-refractivity contribution in [2.24, 2.45) is 11.7 Å². The second-order valence-corrected chi connectivity index (χ2v) is 3.75. The molecule has 4 nitrogen and oxygen atoms in total. The standard InChI is InChI=1S/C10H16N2O2/c1-6(2)9(11)10(14)7-3-4-8(13)12-5-7/h3-6,9-10,14H,11H2,1-2H3,(H,12,13)/t9-,10-/m0/s1. The fraction of sp³-hybridized carbons (Fsp3) is 0.500. The van der Waals surface area contributed by atoms with Crippen LogP contribution < -0.4 is 11.3 Å². The molecular weight excluding hydrogens is 180 g/mol. The van der Waals surface area contributed by atoms with Crippen molar-refractivity contribution in [1.82, 2.24) is 4.98 Å². The summed E-state index contributed by atoms with van der Waals surface area (Å²) in [7, 11) is 0. The quantitative estimate of drug-likeness (QED) is 0.654. The van der Waals surface area contributed by atoms with Crippen molar-refractivity contribution < 1.29 is 5.11 Å². The maximum atomic E-state index is 10.8. The van der Waals surface area contributed by atoms with Gasteiger partial charge in [-0.15, -0.1) is 0 Å². The summed E-state index contributed by atoms with van der Waals surface area (Å²) >= 11 is 0. The van der Waals surface area contributed by atoms with Gasteiger partial charge in [0.2, 0.25) is 5.56 Å². The smallest absolute Gasteiger partial charge is 0.247 e. The Kier molecular flexibility index (Phi) is 3.43. The molecule has 1 aromatic heterocycles. The molecule has 1 heterocycles. The van der Waals surface area contributed by atoms with Crippen molar-refractivity contribution in [1.29, 1.82) is 0 Å². The summed E-state index contributed by atoms with van der Waals surface area (Å²) in [6, 6.07) is 2.65. The second-order valence-electron chi connectivity index (χ2n) is 3.75. The SMILES string of the molecule is CC(C)[C@H](N)[C@@H](O)c1ccc(=O)[nH]c1. The van der Waals surface area contributed by atoms with Crippen LogP contribution in [0.25, 0.3) is 0 Å². The van der Waals surface area contributed by atoms with Gasteiger partial charge in [0.1, 0.15) is 0 Å². The highest BCUT2D eigenvalue weighted by Gasteiger charge is 2.19. The molecule has 0 fully saturated rings. The lowest BCUT2D eigenvalue weighted by molar-refractivity contribution is 0.125. The van der Waals surface area contributed by atoms with Gasteiger partial charge in [0.15, 0.2) is 0 Å². The van der Waals surface area contributed by atoms with Crippen LogP contribution in [-0.2, 0) is 0 Å². The van der Waals surface area contributed by atoms with E-state index in [0.717, 1.165) is 0 Å². The minimum absolute atomic E-state index is 0.181. The van der Waals surface area contributed by atoms with Crippen LogP contribution in [0.15, 0.2) is 23.1 Å². The molecule has 0 saturated carbocycles. The number of nitrogens with one attached hydrogen (secondary N) is 1. The molecule has 0 spiro atoms. The number of nitrogens with two attached hydrogens (primary N) is 1. The van der Waals surface area contributed by atoms with Gasteiger partial charge in [-0.1, -0.05) is 13.8 Å². The van der Waals surface area contributed by atoms with Gasteiger partial charge in [0.05, 0.1) is 6.10 Å². The highest BCUT2D eigenvalue weighted by atomic mass is 16.3. The topological polar surface area (TPSA) is 79.1 Å². The van der Waals surface area contributed by atoms with Gasteiger partial charge in [0, 0.05) is 18.3 Å². The average Bonchev–Trinajstić information content (AvgIpc) is 2.16. The number of aromatic amines is 1. The first-order valence-electron chi connectivity index (χ1n) is 4.64. The van der Waals surface area contributed by atoms with Crippen LogP contribution in [-0.4, -0.2) is 16.1 Å². The van der Waals surface area contributed by atoms with Gasteiger partial charge in [-0.2, -0.15) is 0 Å².